The van der Waals surface area contributed by atoms with Gasteiger partial charge in [-0.15, -0.1) is 0 Å². The molecule has 2 heterocycles. The summed E-state index contributed by atoms with van der Waals surface area (Å²) < 4.78 is 32.4. The van der Waals surface area contributed by atoms with E-state index in [4.69, 9.17) is 4.42 Å². The number of aromatic nitrogens is 2. The van der Waals surface area contributed by atoms with Gasteiger partial charge in [-0.2, -0.15) is 4.31 Å². The average Bonchev–Trinajstić information content (AvgIpc) is 2.88. The maximum absolute atomic E-state index is 12.9. The molecule has 0 saturated carbocycles. The van der Waals surface area contributed by atoms with E-state index in [1.165, 1.54) is 18.2 Å². The molecule has 0 aliphatic heterocycles. The monoisotopic (exact) mass is 528 g/mol. The number of aliphatic hydroxyl groups excluding tert-OH is 2. The second-order valence-electron chi connectivity index (χ2n) is 8.29. The van der Waals surface area contributed by atoms with Crippen molar-refractivity contribution in [2.45, 2.75) is 18.7 Å². The number of hydrogen-bond donors (Lipinski definition) is 3. The lowest BCUT2D eigenvalue weighted by Crippen LogP contribution is -2.35. The first-order valence-corrected chi connectivity index (χ1v) is 13.3. The molecule has 2 aromatic carbocycles. The number of nitrogens with zero attached hydrogens (tertiary/aromatic N) is 3. The van der Waals surface area contributed by atoms with E-state index in [0.29, 0.717) is 11.0 Å². The van der Waals surface area contributed by atoms with Gasteiger partial charge in [0.1, 0.15) is 17.0 Å². The summed E-state index contributed by atoms with van der Waals surface area (Å²) in [5.74, 6) is -0.00114. The van der Waals surface area contributed by atoms with E-state index in [2.05, 4.69) is 14.9 Å². The number of sulfonamides is 1. The highest BCUT2D eigenvalue weighted by Crippen LogP contribution is 2.25. The zero-order valence-electron chi connectivity index (χ0n) is 20.5. The molecule has 4 aromatic rings. The first-order chi connectivity index (χ1) is 17.7. The van der Waals surface area contributed by atoms with Crippen molar-refractivity contribution in [3.8, 4) is 11.4 Å². The summed E-state index contributed by atoms with van der Waals surface area (Å²) in [5, 5.41) is 19.0. The third-order valence-electron chi connectivity index (χ3n) is 6.12. The maximum atomic E-state index is 12.9. The zero-order chi connectivity index (χ0) is 26.7. The fourth-order valence-corrected chi connectivity index (χ4v) is 5.63. The Balaban J connectivity index is 1.77. The third kappa shape index (κ3) is 5.14. The minimum absolute atomic E-state index is 0.00114. The van der Waals surface area contributed by atoms with Crippen LogP contribution in [0.5, 0.6) is 0 Å². The lowest BCUT2D eigenvalue weighted by atomic mass is 10.1. The first kappa shape index (κ1) is 26.5. The minimum atomic E-state index is -4.08. The number of anilines is 1. The normalized spacial score (nSPS) is 12.0. The molecular weight excluding hydrogens is 500 g/mol. The molecule has 11 nitrogen and oxygen atoms in total. The summed E-state index contributed by atoms with van der Waals surface area (Å²) in [5.41, 5.74) is 0.277. The summed E-state index contributed by atoms with van der Waals surface area (Å²) in [6.45, 7) is 4.41. The SMILES string of the molecule is CCN(CC)c1ccc2cc(-c3nc4ccc(S(=O)(=O)N(CCO)CCO)cc4c(=O)[nH]3)c(=O)oc2c1. The van der Waals surface area contributed by atoms with Crippen molar-refractivity contribution in [1.29, 1.82) is 0 Å². The van der Waals surface area contributed by atoms with Crippen LogP contribution in [0.15, 0.2) is 61.4 Å². The van der Waals surface area contributed by atoms with Crippen LogP contribution in [0.2, 0.25) is 0 Å². The summed E-state index contributed by atoms with van der Waals surface area (Å²) >= 11 is 0. The fourth-order valence-electron chi connectivity index (χ4n) is 4.18. The fraction of sp³-hybridized carbons (Fsp3) is 0.320. The Hall–Kier alpha value is -3.58. The zero-order valence-corrected chi connectivity index (χ0v) is 21.3. The molecule has 0 unspecified atom stereocenters. The Labute approximate surface area is 212 Å². The smallest absolute Gasteiger partial charge is 0.347 e. The van der Waals surface area contributed by atoms with Crippen LogP contribution in [0.1, 0.15) is 13.8 Å². The van der Waals surface area contributed by atoms with Crippen LogP contribution in [-0.2, 0) is 10.0 Å². The quantitative estimate of drug-likeness (QED) is 0.260. The minimum Gasteiger partial charge on any atom is -0.422 e. The van der Waals surface area contributed by atoms with Crippen molar-refractivity contribution in [2.24, 2.45) is 0 Å². The number of hydrogen-bond acceptors (Lipinski definition) is 9. The van der Waals surface area contributed by atoms with Crippen molar-refractivity contribution in [2.75, 3.05) is 44.3 Å². The van der Waals surface area contributed by atoms with Gasteiger partial charge in [-0.05, 0) is 50.2 Å². The molecule has 196 valence electrons. The second kappa shape index (κ2) is 10.8. The van der Waals surface area contributed by atoms with E-state index in [1.807, 2.05) is 26.0 Å². The summed E-state index contributed by atoms with van der Waals surface area (Å²) in [4.78, 5) is 34.6. The summed E-state index contributed by atoms with van der Waals surface area (Å²) in [6.07, 6.45) is 0. The molecule has 0 aliphatic carbocycles. The molecule has 0 saturated heterocycles. The van der Waals surface area contributed by atoms with E-state index in [9.17, 15) is 28.2 Å². The van der Waals surface area contributed by atoms with Crippen LogP contribution >= 0.6 is 0 Å². The Bertz CT molecular complexity index is 1650. The van der Waals surface area contributed by atoms with Crippen LogP contribution in [-0.4, -0.2) is 72.3 Å². The number of benzene rings is 2. The number of nitrogens with one attached hydrogen (secondary N) is 1. The number of H-pyrrole nitrogens is 1. The molecule has 4 rings (SSSR count). The van der Waals surface area contributed by atoms with Gasteiger partial charge < -0.3 is 24.5 Å². The molecule has 0 aliphatic rings. The van der Waals surface area contributed by atoms with E-state index < -0.39 is 34.4 Å². The van der Waals surface area contributed by atoms with Gasteiger partial charge in [0, 0.05) is 43.3 Å². The van der Waals surface area contributed by atoms with Crippen molar-refractivity contribution in [3.63, 3.8) is 0 Å². The third-order valence-corrected chi connectivity index (χ3v) is 8.01. The van der Waals surface area contributed by atoms with Crippen molar-refractivity contribution in [3.05, 3.63) is 63.2 Å². The predicted octanol–water partition coefficient (Wildman–Crippen LogP) is 1.52. The van der Waals surface area contributed by atoms with Crippen LogP contribution in [0, 0.1) is 0 Å². The molecule has 37 heavy (non-hydrogen) atoms. The van der Waals surface area contributed by atoms with Gasteiger partial charge in [-0.1, -0.05) is 0 Å². The number of aliphatic hydroxyl groups is 2. The molecule has 3 N–H and O–H groups in total. The number of rotatable bonds is 10. The molecule has 0 fully saturated rings. The van der Waals surface area contributed by atoms with E-state index >= 15 is 0 Å². The molecule has 0 amide bonds. The Morgan fingerprint density at radius 2 is 1.68 bits per heavy atom. The highest BCUT2D eigenvalue weighted by molar-refractivity contribution is 7.89. The molecule has 12 heteroatoms. The Morgan fingerprint density at radius 3 is 2.32 bits per heavy atom. The van der Waals surface area contributed by atoms with Gasteiger partial charge >= 0.3 is 5.63 Å². The maximum Gasteiger partial charge on any atom is 0.347 e. The lowest BCUT2D eigenvalue weighted by Gasteiger charge is -2.21. The lowest BCUT2D eigenvalue weighted by molar-refractivity contribution is 0.217. The summed E-state index contributed by atoms with van der Waals surface area (Å²) in [6, 6.07) is 11.0. The topological polar surface area (TPSA) is 157 Å². The van der Waals surface area contributed by atoms with Crippen LogP contribution < -0.4 is 16.1 Å². The van der Waals surface area contributed by atoms with Gasteiger partial charge in [-0.25, -0.2) is 18.2 Å². The van der Waals surface area contributed by atoms with Crippen LogP contribution in [0.4, 0.5) is 5.69 Å². The van der Waals surface area contributed by atoms with Gasteiger partial charge in [0.05, 0.1) is 29.0 Å². The molecule has 0 radical (unpaired) electrons. The van der Waals surface area contributed by atoms with Gasteiger partial charge in [-0.3, -0.25) is 4.79 Å². The van der Waals surface area contributed by atoms with Crippen molar-refractivity contribution >= 4 is 37.6 Å². The predicted molar refractivity (Wildman–Crippen MR) is 140 cm³/mol. The van der Waals surface area contributed by atoms with Gasteiger partial charge in [0.25, 0.3) is 5.56 Å². The van der Waals surface area contributed by atoms with Gasteiger partial charge in [0.15, 0.2) is 0 Å². The van der Waals surface area contributed by atoms with Crippen LogP contribution in [0.3, 0.4) is 0 Å². The summed E-state index contributed by atoms with van der Waals surface area (Å²) in [7, 11) is -4.08. The van der Waals surface area contributed by atoms with Crippen molar-refractivity contribution in [1.82, 2.24) is 14.3 Å². The van der Waals surface area contributed by atoms with E-state index in [1.54, 1.807) is 12.1 Å². The number of fused-ring (bicyclic) bond motifs is 2. The molecule has 0 spiro atoms. The number of aromatic amines is 1. The molecule has 0 bridgehead atoms. The Kier molecular flexibility index (Phi) is 7.73. The van der Waals surface area contributed by atoms with E-state index in [-0.39, 0.29) is 40.3 Å². The van der Waals surface area contributed by atoms with Gasteiger partial charge in [0.2, 0.25) is 10.0 Å². The second-order valence-corrected chi connectivity index (χ2v) is 10.2. The van der Waals surface area contributed by atoms with Crippen molar-refractivity contribution < 1.29 is 23.0 Å². The Morgan fingerprint density at radius 1 is 0.973 bits per heavy atom. The highest BCUT2D eigenvalue weighted by Gasteiger charge is 2.24. The largest absolute Gasteiger partial charge is 0.422 e. The highest BCUT2D eigenvalue weighted by atomic mass is 32.2. The first-order valence-electron chi connectivity index (χ1n) is 11.8. The molecule has 0 atom stereocenters. The van der Waals surface area contributed by atoms with E-state index in [0.717, 1.165) is 23.1 Å². The molecule has 2 aromatic heterocycles. The average molecular weight is 529 g/mol. The molecular formula is C25H28N4O7S. The standard InChI is InChI=1S/C25H28N4O7S/c1-3-28(4-2)17-6-5-16-13-20(25(33)36-22(16)14-17)23-26-21-8-7-18(15-19(21)24(32)27-23)37(34,35)29(9-11-30)10-12-31/h5-8,13-15,30-31H,3-4,9-12H2,1-2H3,(H,26,27,32). The van der Waals surface area contributed by atoms with Crippen LogP contribution in [0.25, 0.3) is 33.3 Å².